The Morgan fingerprint density at radius 2 is 0.868 bits per heavy atom. The molecular weight excluding hydrogens is 992 g/mol. The van der Waals surface area contributed by atoms with Gasteiger partial charge < -0.3 is 21.3 Å². The zero-order chi connectivity index (χ0) is 50.4. The quantitative estimate of drug-likeness (QED) is 0.0484. The molecule has 5 aromatic rings. The van der Waals surface area contributed by atoms with Crippen molar-refractivity contribution in [2.45, 2.75) is 52.1 Å². The van der Waals surface area contributed by atoms with Crippen molar-refractivity contribution in [3.63, 3.8) is 0 Å². The van der Waals surface area contributed by atoms with Gasteiger partial charge in [-0.25, -0.2) is 0 Å². The van der Waals surface area contributed by atoms with E-state index >= 15 is 0 Å². The lowest BCUT2D eigenvalue weighted by atomic mass is 10.0. The van der Waals surface area contributed by atoms with E-state index in [0.717, 1.165) is 38.1 Å². The minimum absolute atomic E-state index is 0.0683. The molecule has 4 amide bonds. The molecule has 4 N–H and O–H groups in total. The Morgan fingerprint density at radius 3 is 1.18 bits per heavy atom. The van der Waals surface area contributed by atoms with E-state index in [4.69, 9.17) is 46.4 Å². The molecule has 5 aromatic carbocycles. The number of carbonyl (C=O) groups excluding carboxylic acids is 6. The van der Waals surface area contributed by atoms with Gasteiger partial charge in [0.2, 0.25) is 12.1 Å². The number of anilines is 4. The van der Waals surface area contributed by atoms with Crippen LogP contribution in [0.15, 0.2) is 105 Å². The van der Waals surface area contributed by atoms with Crippen molar-refractivity contribution in [2.75, 3.05) is 21.3 Å². The number of hydrogen-bond acceptors (Lipinski definition) is 10. The summed E-state index contributed by atoms with van der Waals surface area (Å²) in [4.78, 5) is 78.0. The SMILES string of the molecule is CC(=O)C(N=Nc1cccc(C(=O)Nc2ccc(C(F)(F)F)c(Cl)c2)c1Cl)C(=O)Nc1ccc(NC(=O)C(N=Nc2cccc(C(=O)Nc3ccc(C(F)(F)F)c(Cl)c3)c2Cl)C(C)=O)c(C)c1C. The van der Waals surface area contributed by atoms with Crippen LogP contribution in [-0.2, 0) is 31.5 Å². The molecular formula is C44H32Cl4F6N8O6. The van der Waals surface area contributed by atoms with E-state index < -0.39 is 80.8 Å². The number of hydrogen-bond donors (Lipinski definition) is 4. The monoisotopic (exact) mass is 1020 g/mol. The van der Waals surface area contributed by atoms with E-state index in [-0.39, 0.29) is 55.3 Å². The van der Waals surface area contributed by atoms with E-state index in [2.05, 4.69) is 41.7 Å². The molecule has 0 aliphatic heterocycles. The molecule has 354 valence electrons. The van der Waals surface area contributed by atoms with E-state index in [0.29, 0.717) is 23.3 Å². The van der Waals surface area contributed by atoms with E-state index in [1.165, 1.54) is 48.5 Å². The smallest absolute Gasteiger partial charge is 0.324 e. The summed E-state index contributed by atoms with van der Waals surface area (Å²) < 4.78 is 78.7. The third-order valence-corrected chi connectivity index (χ3v) is 11.1. The fourth-order valence-electron chi connectivity index (χ4n) is 5.96. The molecule has 0 spiro atoms. The Labute approximate surface area is 401 Å². The Balaban J connectivity index is 1.26. The molecule has 0 aromatic heterocycles. The second kappa shape index (κ2) is 21.5. The predicted octanol–water partition coefficient (Wildman–Crippen LogP) is 12.8. The topological polar surface area (TPSA) is 200 Å². The zero-order valence-electron chi connectivity index (χ0n) is 35.3. The Morgan fingerprint density at radius 1 is 0.515 bits per heavy atom. The Hall–Kier alpha value is -6.74. The number of Topliss-reactive ketones (excluding diaryl/α,β-unsaturated/α-hetero) is 2. The first-order chi connectivity index (χ1) is 31.8. The van der Waals surface area contributed by atoms with Crippen molar-refractivity contribution in [3.8, 4) is 0 Å². The lowest BCUT2D eigenvalue weighted by Crippen LogP contribution is -2.33. The summed E-state index contributed by atoms with van der Waals surface area (Å²) in [5.74, 6) is -5.02. The van der Waals surface area contributed by atoms with Crippen LogP contribution in [0.2, 0.25) is 20.1 Å². The second-order valence-corrected chi connectivity index (χ2v) is 16.0. The average molecular weight is 1020 g/mol. The molecule has 24 heteroatoms. The third-order valence-electron chi connectivity index (χ3n) is 9.64. The van der Waals surface area contributed by atoms with Crippen LogP contribution in [0.1, 0.15) is 56.8 Å². The Bertz CT molecular complexity index is 2740. The van der Waals surface area contributed by atoms with Gasteiger partial charge in [-0.2, -0.15) is 46.8 Å². The maximum atomic E-state index is 13.4. The van der Waals surface area contributed by atoms with Crippen LogP contribution in [0.5, 0.6) is 0 Å². The summed E-state index contributed by atoms with van der Waals surface area (Å²) in [5, 5.41) is 23.7. The van der Waals surface area contributed by atoms with Crippen LogP contribution in [0.25, 0.3) is 0 Å². The van der Waals surface area contributed by atoms with Crippen LogP contribution < -0.4 is 21.3 Å². The number of nitrogens with one attached hydrogen (secondary N) is 4. The number of azo groups is 2. The molecule has 68 heavy (non-hydrogen) atoms. The van der Waals surface area contributed by atoms with Crippen LogP contribution in [0.4, 0.5) is 60.5 Å². The molecule has 0 saturated heterocycles. The second-order valence-electron chi connectivity index (χ2n) is 14.4. The van der Waals surface area contributed by atoms with Crippen LogP contribution in [0.3, 0.4) is 0 Å². The first-order valence-corrected chi connectivity index (χ1v) is 20.8. The molecule has 0 aliphatic rings. The van der Waals surface area contributed by atoms with Gasteiger partial charge in [0.15, 0.2) is 11.6 Å². The minimum Gasteiger partial charge on any atom is -0.324 e. The van der Waals surface area contributed by atoms with Crippen LogP contribution >= 0.6 is 46.4 Å². The van der Waals surface area contributed by atoms with E-state index in [9.17, 15) is 55.1 Å². The van der Waals surface area contributed by atoms with E-state index in [1.807, 2.05) is 0 Å². The fourth-order valence-corrected chi connectivity index (χ4v) is 7.03. The van der Waals surface area contributed by atoms with Gasteiger partial charge in [-0.3, -0.25) is 28.8 Å². The highest BCUT2D eigenvalue weighted by molar-refractivity contribution is 6.37. The molecule has 0 fully saturated rings. The van der Waals surface area contributed by atoms with Crippen molar-refractivity contribution in [2.24, 2.45) is 20.5 Å². The van der Waals surface area contributed by atoms with Crippen molar-refractivity contribution in [3.05, 3.63) is 138 Å². The maximum Gasteiger partial charge on any atom is 0.417 e. The number of halogens is 10. The lowest BCUT2D eigenvalue weighted by molar-refractivity contribution is -0.138. The van der Waals surface area contributed by atoms with Gasteiger partial charge in [-0.15, -0.1) is 0 Å². The first kappa shape index (κ1) is 52.2. The molecule has 5 rings (SSSR count). The summed E-state index contributed by atoms with van der Waals surface area (Å²) in [6.07, 6.45) is -9.43. The van der Waals surface area contributed by atoms with Gasteiger partial charge in [0.05, 0.1) is 42.3 Å². The van der Waals surface area contributed by atoms with Gasteiger partial charge in [0.25, 0.3) is 23.6 Å². The summed E-state index contributed by atoms with van der Waals surface area (Å²) in [6.45, 7) is 5.32. The number of ketones is 2. The number of alkyl halides is 6. The van der Waals surface area contributed by atoms with Gasteiger partial charge in [0, 0.05) is 22.7 Å². The highest BCUT2D eigenvalue weighted by atomic mass is 35.5. The lowest BCUT2D eigenvalue weighted by Gasteiger charge is -2.17. The summed E-state index contributed by atoms with van der Waals surface area (Å²) in [7, 11) is 0. The van der Waals surface area contributed by atoms with Crippen LogP contribution in [0, 0.1) is 13.8 Å². The van der Waals surface area contributed by atoms with Crippen molar-refractivity contribution in [1.29, 1.82) is 0 Å². The van der Waals surface area contributed by atoms with E-state index in [1.54, 1.807) is 13.8 Å². The minimum atomic E-state index is -4.72. The molecule has 0 bridgehead atoms. The molecule has 0 saturated carbocycles. The molecule has 2 atom stereocenters. The summed E-state index contributed by atoms with van der Waals surface area (Å²) >= 11 is 24.3. The summed E-state index contributed by atoms with van der Waals surface area (Å²) in [5.41, 5.74) is -1.77. The molecule has 14 nitrogen and oxygen atoms in total. The van der Waals surface area contributed by atoms with Crippen molar-refractivity contribution in [1.82, 2.24) is 0 Å². The summed E-state index contributed by atoms with van der Waals surface area (Å²) in [6, 6.07) is 12.5. The fraction of sp³-hybridized carbons (Fsp3) is 0.182. The molecule has 0 radical (unpaired) electrons. The number of carbonyl (C=O) groups is 6. The van der Waals surface area contributed by atoms with Gasteiger partial charge >= 0.3 is 12.4 Å². The highest BCUT2D eigenvalue weighted by Gasteiger charge is 2.34. The zero-order valence-corrected chi connectivity index (χ0v) is 38.3. The number of amides is 4. The predicted molar refractivity (Wildman–Crippen MR) is 243 cm³/mol. The normalized spacial score (nSPS) is 12.7. The standard InChI is InChI=1S/C44H32Cl4F6N8O6/c1-19-20(2)32(58-42(68)38(22(4)64)62-60-34-10-6-8-26(36(34)48)40(66)56-24-12-14-28(30(46)18-24)44(52,53)54)16-15-31(19)57-41(67)37(21(3)63)61-59-33-9-5-7-25(35(33)47)39(65)55-23-11-13-27(29(45)17-23)43(49,50)51/h5-18,37-38H,1-4H3,(H,55,65)(H,56,66)(H,57,67)(H,58,68). The number of benzene rings is 5. The maximum absolute atomic E-state index is 13.4. The van der Waals surface area contributed by atoms with Crippen molar-refractivity contribution < 1.29 is 55.1 Å². The third kappa shape index (κ3) is 12.6. The van der Waals surface area contributed by atoms with Gasteiger partial charge in [-0.1, -0.05) is 58.5 Å². The van der Waals surface area contributed by atoms with Gasteiger partial charge in [-0.05, 0) is 112 Å². The Kier molecular flexibility index (Phi) is 16.5. The largest absolute Gasteiger partial charge is 0.417 e. The van der Waals surface area contributed by atoms with Gasteiger partial charge in [0.1, 0.15) is 11.4 Å². The number of nitrogens with zero attached hydrogens (tertiary/aromatic N) is 4. The molecule has 0 aliphatic carbocycles. The van der Waals surface area contributed by atoms with Crippen LogP contribution in [-0.4, -0.2) is 47.3 Å². The average Bonchev–Trinajstić information content (AvgIpc) is 3.23. The highest BCUT2D eigenvalue weighted by Crippen LogP contribution is 2.38. The molecule has 0 heterocycles. The first-order valence-electron chi connectivity index (χ1n) is 19.3. The van der Waals surface area contributed by atoms with Crippen molar-refractivity contribution >= 4 is 116 Å². The number of rotatable bonds is 14. The molecule has 2 unspecified atom stereocenters.